The molecule has 0 aliphatic carbocycles. The quantitative estimate of drug-likeness (QED) is 0.589. The number of hydrogen-bond donors (Lipinski definition) is 3. The van der Waals surface area contributed by atoms with E-state index in [4.69, 9.17) is 5.73 Å². The van der Waals surface area contributed by atoms with Gasteiger partial charge in [-0.25, -0.2) is 15.0 Å². The zero-order chi connectivity index (χ0) is 22.5. The number of carbonyl (C=O) groups is 2. The van der Waals surface area contributed by atoms with Crippen molar-refractivity contribution in [3.8, 4) is 0 Å². The first-order chi connectivity index (χ1) is 15.5. The number of nitrogen functional groups attached to an aromatic ring is 1. The zero-order valence-electron chi connectivity index (χ0n) is 18.5. The van der Waals surface area contributed by atoms with Crippen molar-refractivity contribution >= 4 is 17.6 Å². The summed E-state index contributed by atoms with van der Waals surface area (Å²) < 4.78 is 0. The molecule has 2 amide bonds. The molecule has 1 atom stereocenters. The first-order valence-corrected chi connectivity index (χ1v) is 11.3. The molecule has 11 nitrogen and oxygen atoms in total. The minimum absolute atomic E-state index is 0.0835. The van der Waals surface area contributed by atoms with Crippen LogP contribution >= 0.6 is 0 Å². The van der Waals surface area contributed by atoms with Crippen molar-refractivity contribution in [3.05, 3.63) is 29.7 Å². The molecule has 4 rings (SSSR count). The Kier molecular flexibility index (Phi) is 6.93. The molecule has 4 heterocycles. The van der Waals surface area contributed by atoms with E-state index in [-0.39, 0.29) is 29.9 Å². The van der Waals surface area contributed by atoms with Crippen molar-refractivity contribution in [1.29, 1.82) is 0 Å². The third-order valence-corrected chi connectivity index (χ3v) is 6.38. The molecule has 2 aliphatic heterocycles. The molecule has 2 aliphatic rings. The molecule has 0 spiro atoms. The number of H-pyrrole nitrogens is 1. The average molecular weight is 442 g/mol. The second-order valence-electron chi connectivity index (χ2n) is 8.45. The molecule has 11 heteroatoms. The van der Waals surface area contributed by atoms with Crippen LogP contribution in [0.25, 0.3) is 0 Å². The first kappa shape index (κ1) is 22.1. The van der Waals surface area contributed by atoms with Gasteiger partial charge in [0.2, 0.25) is 5.91 Å². The third-order valence-electron chi connectivity index (χ3n) is 6.38. The van der Waals surface area contributed by atoms with Crippen molar-refractivity contribution in [2.75, 3.05) is 38.5 Å². The summed E-state index contributed by atoms with van der Waals surface area (Å²) in [5.74, 6) is 1.59. The van der Waals surface area contributed by atoms with Crippen LogP contribution in [0.3, 0.4) is 0 Å². The lowest BCUT2D eigenvalue weighted by Crippen LogP contribution is -2.47. The highest BCUT2D eigenvalue weighted by Crippen LogP contribution is 2.28. The van der Waals surface area contributed by atoms with Crippen molar-refractivity contribution in [2.24, 2.45) is 5.92 Å². The summed E-state index contributed by atoms with van der Waals surface area (Å²) in [4.78, 5) is 41.9. The van der Waals surface area contributed by atoms with E-state index in [0.29, 0.717) is 11.7 Å². The Labute approximate surface area is 187 Å². The molecular weight excluding hydrogens is 410 g/mol. The third kappa shape index (κ3) is 5.04. The minimum atomic E-state index is -0.412. The zero-order valence-corrected chi connectivity index (χ0v) is 18.5. The number of aromatic nitrogens is 5. The Hall–Kier alpha value is -3.08. The summed E-state index contributed by atoms with van der Waals surface area (Å²) in [6.07, 6.45) is 6.63. The normalized spacial score (nSPS) is 20.3. The van der Waals surface area contributed by atoms with E-state index in [1.807, 2.05) is 4.90 Å². The molecule has 2 aromatic heterocycles. The van der Waals surface area contributed by atoms with E-state index < -0.39 is 5.91 Å². The molecule has 4 N–H and O–H groups in total. The number of rotatable bonds is 6. The Morgan fingerprint density at radius 1 is 1.19 bits per heavy atom. The van der Waals surface area contributed by atoms with Crippen molar-refractivity contribution in [1.82, 2.24) is 40.3 Å². The van der Waals surface area contributed by atoms with Crippen LogP contribution in [0.5, 0.6) is 0 Å². The number of piperidine rings is 2. The smallest absolute Gasteiger partial charge is 0.274 e. The summed E-state index contributed by atoms with van der Waals surface area (Å²) >= 11 is 0. The van der Waals surface area contributed by atoms with Gasteiger partial charge in [0.05, 0.1) is 12.5 Å². The topological polar surface area (TPSA) is 146 Å². The Morgan fingerprint density at radius 2 is 1.97 bits per heavy atom. The lowest BCUT2D eigenvalue weighted by Gasteiger charge is -2.37. The van der Waals surface area contributed by atoms with Crippen LogP contribution in [0.15, 0.2) is 12.4 Å². The number of hydrogen-bond acceptors (Lipinski definition) is 8. The number of nitrogens with zero attached hydrogens (tertiary/aromatic N) is 6. The number of nitrogens with one attached hydrogen (secondary N) is 2. The average Bonchev–Trinajstić information content (AvgIpc) is 3.31. The number of anilines is 1. The highest BCUT2D eigenvalue weighted by molar-refractivity contribution is 5.96. The van der Waals surface area contributed by atoms with Gasteiger partial charge in [-0.2, -0.15) is 5.10 Å². The molecule has 172 valence electrons. The number of likely N-dealkylation sites (tertiary alicyclic amines) is 2. The lowest BCUT2D eigenvalue weighted by molar-refractivity contribution is -0.138. The van der Waals surface area contributed by atoms with Crippen LogP contribution in [0.1, 0.15) is 60.7 Å². The fourth-order valence-electron chi connectivity index (χ4n) is 4.50. The molecule has 2 aromatic rings. The monoisotopic (exact) mass is 441 g/mol. The van der Waals surface area contributed by atoms with E-state index in [9.17, 15) is 9.59 Å². The highest BCUT2D eigenvalue weighted by atomic mass is 16.2. The van der Waals surface area contributed by atoms with Gasteiger partial charge in [-0.15, -0.1) is 0 Å². The summed E-state index contributed by atoms with van der Waals surface area (Å²) in [7, 11) is 0. The first-order valence-electron chi connectivity index (χ1n) is 11.3. The molecule has 32 heavy (non-hydrogen) atoms. The predicted octanol–water partition coefficient (Wildman–Crippen LogP) is 0.545. The Bertz CT molecular complexity index is 939. The van der Waals surface area contributed by atoms with Crippen LogP contribution in [0, 0.1) is 5.92 Å². The van der Waals surface area contributed by atoms with E-state index in [2.05, 4.69) is 42.3 Å². The largest absolute Gasteiger partial charge is 0.382 e. The van der Waals surface area contributed by atoms with Crippen LogP contribution in [0.4, 0.5) is 5.82 Å². The second-order valence-corrected chi connectivity index (χ2v) is 8.45. The molecular formula is C21H31N9O2. The Morgan fingerprint density at radius 3 is 2.72 bits per heavy atom. The molecule has 1 unspecified atom stereocenters. The van der Waals surface area contributed by atoms with Gasteiger partial charge in [-0.3, -0.25) is 14.7 Å². The molecule has 0 bridgehead atoms. The van der Waals surface area contributed by atoms with Gasteiger partial charge in [0.1, 0.15) is 5.82 Å². The second kappa shape index (κ2) is 10.0. The van der Waals surface area contributed by atoms with Crippen LogP contribution in [-0.2, 0) is 11.3 Å². The maximum absolute atomic E-state index is 13.0. The minimum Gasteiger partial charge on any atom is -0.382 e. The van der Waals surface area contributed by atoms with Gasteiger partial charge in [-0.05, 0) is 38.8 Å². The maximum atomic E-state index is 13.0. The van der Waals surface area contributed by atoms with Crippen molar-refractivity contribution in [3.63, 3.8) is 0 Å². The van der Waals surface area contributed by atoms with Crippen LogP contribution in [-0.4, -0.2) is 79.5 Å². The maximum Gasteiger partial charge on any atom is 0.274 e. The lowest BCUT2D eigenvalue weighted by atomic mass is 9.92. The van der Waals surface area contributed by atoms with Crippen LogP contribution < -0.4 is 11.1 Å². The van der Waals surface area contributed by atoms with E-state index >= 15 is 0 Å². The summed E-state index contributed by atoms with van der Waals surface area (Å²) in [5, 5.41) is 9.96. The van der Waals surface area contributed by atoms with Gasteiger partial charge in [-0.1, -0.05) is 6.92 Å². The molecule has 2 saturated heterocycles. The van der Waals surface area contributed by atoms with E-state index in [0.717, 1.165) is 64.2 Å². The van der Waals surface area contributed by atoms with E-state index in [1.54, 1.807) is 0 Å². The summed E-state index contributed by atoms with van der Waals surface area (Å²) in [6.45, 7) is 6.80. The Balaban J connectivity index is 1.26. The standard InChI is InChI=1S/C21H31N9O2/c1-2-29-9-3-4-15(13-29)21(32)30-10-5-14(6-11-30)19-26-16(27-28-19)12-25-20(31)17-18(22)24-8-7-23-17/h7-8,14-15H,2-6,9-13H2,1H3,(H2,22,24)(H,25,31)(H,26,27,28). The summed E-state index contributed by atoms with van der Waals surface area (Å²) in [5.41, 5.74) is 5.77. The predicted molar refractivity (Wildman–Crippen MR) is 117 cm³/mol. The van der Waals surface area contributed by atoms with Crippen molar-refractivity contribution in [2.45, 2.75) is 45.1 Å². The number of amides is 2. The number of carbonyl (C=O) groups excluding carboxylic acids is 2. The van der Waals surface area contributed by atoms with Gasteiger partial charge < -0.3 is 20.9 Å². The molecule has 0 saturated carbocycles. The highest BCUT2D eigenvalue weighted by Gasteiger charge is 2.32. The number of nitrogens with two attached hydrogens (primary N) is 1. The molecule has 0 radical (unpaired) electrons. The van der Waals surface area contributed by atoms with E-state index in [1.165, 1.54) is 12.4 Å². The molecule has 0 aromatic carbocycles. The number of aromatic amines is 1. The van der Waals surface area contributed by atoms with Gasteiger partial charge >= 0.3 is 0 Å². The van der Waals surface area contributed by atoms with Crippen LogP contribution in [0.2, 0.25) is 0 Å². The van der Waals surface area contributed by atoms with Crippen molar-refractivity contribution < 1.29 is 9.59 Å². The van der Waals surface area contributed by atoms with Gasteiger partial charge in [0.15, 0.2) is 17.3 Å². The van der Waals surface area contributed by atoms with Gasteiger partial charge in [0.25, 0.3) is 5.91 Å². The van der Waals surface area contributed by atoms with Gasteiger partial charge in [0, 0.05) is 37.9 Å². The molecule has 2 fully saturated rings. The summed E-state index contributed by atoms with van der Waals surface area (Å²) in [6, 6.07) is 0. The fourth-order valence-corrected chi connectivity index (χ4v) is 4.50. The SMILES string of the molecule is CCN1CCCC(C(=O)N2CCC(c3n[nH]c(CNC(=O)c4nccnc4N)n3)CC2)C1. The fraction of sp³-hybridized carbons (Fsp3) is 0.619.